The number of rotatable bonds is 4. The molecule has 0 saturated heterocycles. The summed E-state index contributed by atoms with van der Waals surface area (Å²) in [6.07, 6.45) is 0. The quantitative estimate of drug-likeness (QED) is 0.850. The molecule has 0 unspecified atom stereocenters. The first-order valence-corrected chi connectivity index (χ1v) is 6.48. The number of hydrogen-bond acceptors (Lipinski definition) is 3. The lowest BCUT2D eigenvalue weighted by Gasteiger charge is -2.11. The Morgan fingerprint density at radius 1 is 1.25 bits per heavy atom. The number of para-hydroxylation sites is 1. The molecule has 0 aliphatic carbocycles. The molecule has 0 bridgehead atoms. The van der Waals surface area contributed by atoms with Crippen LogP contribution in [0, 0.1) is 6.92 Å². The highest BCUT2D eigenvalue weighted by molar-refractivity contribution is 6.33. The summed E-state index contributed by atoms with van der Waals surface area (Å²) in [5.41, 5.74) is 7.79. The van der Waals surface area contributed by atoms with Crippen LogP contribution in [-0.4, -0.2) is 12.5 Å². The van der Waals surface area contributed by atoms with Crippen LogP contribution in [0.4, 0.5) is 11.4 Å². The number of hydrogen-bond donors (Lipinski definition) is 2. The van der Waals surface area contributed by atoms with Crippen molar-refractivity contribution < 1.29 is 9.53 Å². The van der Waals surface area contributed by atoms with Crippen LogP contribution in [0.5, 0.6) is 5.75 Å². The van der Waals surface area contributed by atoms with Gasteiger partial charge in [0.25, 0.3) is 5.91 Å². The molecule has 2 aromatic rings. The van der Waals surface area contributed by atoms with Gasteiger partial charge in [0.05, 0.1) is 10.7 Å². The van der Waals surface area contributed by atoms with Gasteiger partial charge in [-0.1, -0.05) is 29.8 Å². The van der Waals surface area contributed by atoms with E-state index in [1.807, 2.05) is 6.92 Å². The molecule has 2 rings (SSSR count). The molecular formula is C15H15ClN2O2. The van der Waals surface area contributed by atoms with Gasteiger partial charge < -0.3 is 15.8 Å². The van der Waals surface area contributed by atoms with Crippen LogP contribution < -0.4 is 15.8 Å². The molecule has 20 heavy (non-hydrogen) atoms. The van der Waals surface area contributed by atoms with Crippen LogP contribution in [0.15, 0.2) is 42.5 Å². The van der Waals surface area contributed by atoms with Gasteiger partial charge in [-0.2, -0.15) is 0 Å². The monoisotopic (exact) mass is 290 g/mol. The Labute approximate surface area is 122 Å². The zero-order valence-corrected chi connectivity index (χ0v) is 11.8. The number of benzene rings is 2. The zero-order chi connectivity index (χ0) is 14.5. The number of nitrogens with one attached hydrogen (secondary N) is 1. The van der Waals surface area contributed by atoms with Crippen molar-refractivity contribution in [3.05, 3.63) is 53.1 Å². The fourth-order valence-corrected chi connectivity index (χ4v) is 1.86. The van der Waals surface area contributed by atoms with Crippen molar-refractivity contribution in [2.75, 3.05) is 17.7 Å². The largest absolute Gasteiger partial charge is 0.483 e. The van der Waals surface area contributed by atoms with E-state index in [0.717, 1.165) is 5.56 Å². The summed E-state index contributed by atoms with van der Waals surface area (Å²) in [4.78, 5) is 11.8. The van der Waals surface area contributed by atoms with Gasteiger partial charge in [-0.3, -0.25) is 4.79 Å². The Kier molecular flexibility index (Phi) is 4.48. The molecule has 0 atom stereocenters. The van der Waals surface area contributed by atoms with E-state index in [-0.39, 0.29) is 12.5 Å². The molecular weight excluding hydrogens is 276 g/mol. The second kappa shape index (κ2) is 6.30. The van der Waals surface area contributed by atoms with Crippen LogP contribution in [0.3, 0.4) is 0 Å². The molecule has 0 aliphatic heterocycles. The predicted molar refractivity (Wildman–Crippen MR) is 81.2 cm³/mol. The Morgan fingerprint density at radius 2 is 2.00 bits per heavy atom. The Hall–Kier alpha value is -2.20. The van der Waals surface area contributed by atoms with Crippen LogP contribution in [0.2, 0.25) is 5.02 Å². The maximum absolute atomic E-state index is 11.8. The highest BCUT2D eigenvalue weighted by atomic mass is 35.5. The number of halogens is 1. The summed E-state index contributed by atoms with van der Waals surface area (Å²) in [6.45, 7) is 1.74. The molecule has 5 heteroatoms. The first kappa shape index (κ1) is 14.2. The molecule has 3 N–H and O–H groups in total. The van der Waals surface area contributed by atoms with Crippen molar-refractivity contribution in [2.45, 2.75) is 6.92 Å². The molecule has 0 aromatic heterocycles. The van der Waals surface area contributed by atoms with Crippen molar-refractivity contribution in [3.8, 4) is 5.75 Å². The maximum Gasteiger partial charge on any atom is 0.262 e. The molecule has 0 saturated carbocycles. The summed E-state index contributed by atoms with van der Waals surface area (Å²) in [5.74, 6) is 0.319. The van der Waals surface area contributed by atoms with Gasteiger partial charge in [0.2, 0.25) is 0 Å². The van der Waals surface area contributed by atoms with Crippen molar-refractivity contribution in [1.29, 1.82) is 0 Å². The lowest BCUT2D eigenvalue weighted by atomic mass is 10.2. The van der Waals surface area contributed by atoms with E-state index in [2.05, 4.69) is 5.32 Å². The minimum Gasteiger partial charge on any atom is -0.483 e. The molecule has 0 radical (unpaired) electrons. The average molecular weight is 291 g/mol. The zero-order valence-electron chi connectivity index (χ0n) is 11.0. The minimum atomic E-state index is -0.278. The minimum absolute atomic E-state index is 0.102. The number of nitrogens with two attached hydrogens (primary N) is 1. The normalized spacial score (nSPS) is 10.1. The van der Waals surface area contributed by atoms with Crippen molar-refractivity contribution >= 4 is 28.9 Å². The SMILES string of the molecule is Cc1c(N)cccc1OCC(=O)Nc1ccccc1Cl. The van der Waals surface area contributed by atoms with E-state index in [1.54, 1.807) is 42.5 Å². The van der Waals surface area contributed by atoms with Gasteiger partial charge in [0.15, 0.2) is 6.61 Å². The second-order valence-corrected chi connectivity index (χ2v) is 4.69. The number of carbonyl (C=O) groups is 1. The molecule has 104 valence electrons. The van der Waals surface area contributed by atoms with Crippen LogP contribution >= 0.6 is 11.6 Å². The molecule has 0 spiro atoms. The lowest BCUT2D eigenvalue weighted by Crippen LogP contribution is -2.20. The molecule has 4 nitrogen and oxygen atoms in total. The van der Waals surface area contributed by atoms with Crippen molar-refractivity contribution in [3.63, 3.8) is 0 Å². The fourth-order valence-electron chi connectivity index (χ4n) is 1.68. The second-order valence-electron chi connectivity index (χ2n) is 4.29. The topological polar surface area (TPSA) is 64.3 Å². The third-order valence-electron chi connectivity index (χ3n) is 2.83. The van der Waals surface area contributed by atoms with Gasteiger partial charge in [-0.15, -0.1) is 0 Å². The lowest BCUT2D eigenvalue weighted by molar-refractivity contribution is -0.118. The first-order chi connectivity index (χ1) is 9.58. The Morgan fingerprint density at radius 3 is 2.75 bits per heavy atom. The molecule has 0 heterocycles. The number of anilines is 2. The Balaban J connectivity index is 1.96. The van der Waals surface area contributed by atoms with Gasteiger partial charge in [-0.05, 0) is 31.2 Å². The van der Waals surface area contributed by atoms with Gasteiger partial charge >= 0.3 is 0 Å². The summed E-state index contributed by atoms with van der Waals surface area (Å²) in [6, 6.07) is 12.4. The van der Waals surface area contributed by atoms with E-state index in [1.165, 1.54) is 0 Å². The number of amides is 1. The smallest absolute Gasteiger partial charge is 0.262 e. The fraction of sp³-hybridized carbons (Fsp3) is 0.133. The van der Waals surface area contributed by atoms with Gasteiger partial charge in [-0.25, -0.2) is 0 Å². The molecule has 1 amide bonds. The van der Waals surface area contributed by atoms with Crippen molar-refractivity contribution in [2.24, 2.45) is 0 Å². The summed E-state index contributed by atoms with van der Waals surface area (Å²) in [5, 5.41) is 3.17. The highest BCUT2D eigenvalue weighted by Gasteiger charge is 2.08. The van der Waals surface area contributed by atoms with E-state index in [9.17, 15) is 4.79 Å². The summed E-state index contributed by atoms with van der Waals surface area (Å²) in [7, 11) is 0. The van der Waals surface area contributed by atoms with E-state index < -0.39 is 0 Å². The molecule has 2 aromatic carbocycles. The number of nitrogen functional groups attached to an aromatic ring is 1. The third kappa shape index (κ3) is 3.42. The summed E-state index contributed by atoms with van der Waals surface area (Å²) >= 11 is 5.96. The average Bonchev–Trinajstić information content (AvgIpc) is 2.43. The number of ether oxygens (including phenoxy) is 1. The standard InChI is InChI=1S/C15H15ClN2O2/c1-10-12(17)6-4-8-14(10)20-9-15(19)18-13-7-3-2-5-11(13)16/h2-8H,9,17H2,1H3,(H,18,19). The molecule has 0 fully saturated rings. The third-order valence-corrected chi connectivity index (χ3v) is 3.16. The van der Waals surface area contributed by atoms with E-state index in [4.69, 9.17) is 22.1 Å². The number of carbonyl (C=O) groups excluding carboxylic acids is 1. The predicted octanol–water partition coefficient (Wildman–Crippen LogP) is 3.25. The van der Waals surface area contributed by atoms with Gasteiger partial charge in [0.1, 0.15) is 5.75 Å². The molecule has 0 aliphatic rings. The van der Waals surface area contributed by atoms with E-state index in [0.29, 0.717) is 22.1 Å². The van der Waals surface area contributed by atoms with Crippen LogP contribution in [0.25, 0.3) is 0 Å². The first-order valence-electron chi connectivity index (χ1n) is 6.10. The van der Waals surface area contributed by atoms with Gasteiger partial charge in [0, 0.05) is 11.3 Å². The van der Waals surface area contributed by atoms with Crippen molar-refractivity contribution in [1.82, 2.24) is 0 Å². The van der Waals surface area contributed by atoms with Crippen LogP contribution in [0.1, 0.15) is 5.56 Å². The Bertz CT molecular complexity index is 629. The maximum atomic E-state index is 11.8. The highest BCUT2D eigenvalue weighted by Crippen LogP contribution is 2.23. The van der Waals surface area contributed by atoms with Crippen LogP contribution in [-0.2, 0) is 4.79 Å². The van der Waals surface area contributed by atoms with E-state index >= 15 is 0 Å². The summed E-state index contributed by atoms with van der Waals surface area (Å²) < 4.78 is 5.46.